The Morgan fingerprint density at radius 1 is 1.28 bits per heavy atom. The van der Waals surface area contributed by atoms with Crippen LogP contribution in [0, 0.1) is 0 Å². The average Bonchev–Trinajstić information content (AvgIpc) is 2.76. The molecule has 18 heavy (non-hydrogen) atoms. The molecule has 0 spiro atoms. The van der Waals surface area contributed by atoms with Crippen molar-refractivity contribution in [3.05, 3.63) is 11.7 Å². The highest BCUT2D eigenvalue weighted by molar-refractivity contribution is 5.03. The molecule has 0 aromatic carbocycles. The Bertz CT molecular complexity index is 399. The lowest BCUT2D eigenvalue weighted by Gasteiger charge is -2.29. The van der Waals surface area contributed by atoms with Gasteiger partial charge in [-0.25, -0.2) is 0 Å². The van der Waals surface area contributed by atoms with Crippen LogP contribution in [0.25, 0.3) is 0 Å². The molecule has 0 amide bonds. The van der Waals surface area contributed by atoms with Crippen LogP contribution >= 0.6 is 0 Å². The number of ether oxygens (including phenoxy) is 1. The van der Waals surface area contributed by atoms with Gasteiger partial charge in [-0.3, -0.25) is 0 Å². The quantitative estimate of drug-likeness (QED) is 0.897. The van der Waals surface area contributed by atoms with Crippen molar-refractivity contribution in [2.45, 2.75) is 37.4 Å². The van der Waals surface area contributed by atoms with Crippen molar-refractivity contribution >= 4 is 0 Å². The molecule has 0 aliphatic carbocycles. The number of nitrogens with zero attached hydrogens (tertiary/aromatic N) is 2. The van der Waals surface area contributed by atoms with Gasteiger partial charge in [0, 0.05) is 19.6 Å². The van der Waals surface area contributed by atoms with Crippen LogP contribution in [-0.2, 0) is 16.7 Å². The molecule has 2 rings (SSSR count). The van der Waals surface area contributed by atoms with E-state index in [4.69, 9.17) is 15.0 Å². The summed E-state index contributed by atoms with van der Waals surface area (Å²) in [6.45, 7) is 0.966. The minimum Gasteiger partial charge on any atom is -0.381 e. The van der Waals surface area contributed by atoms with Gasteiger partial charge in [-0.05, 0) is 12.8 Å². The zero-order chi connectivity index (χ0) is 13.2. The Kier molecular flexibility index (Phi) is 3.58. The predicted molar refractivity (Wildman–Crippen MR) is 54.6 cm³/mol. The second kappa shape index (κ2) is 4.85. The van der Waals surface area contributed by atoms with E-state index < -0.39 is 18.1 Å². The number of aromatic nitrogens is 2. The lowest BCUT2D eigenvalue weighted by molar-refractivity contribution is -0.134. The molecule has 2 N–H and O–H groups in total. The standard InChI is InChI=1S/C10H14F3N3O2/c11-10(12,13)2-1-7-15-8(18-16-7)9(14)3-5-17-6-4-9/h1-6,14H2. The Labute approximate surface area is 101 Å². The first-order valence-electron chi connectivity index (χ1n) is 5.65. The summed E-state index contributed by atoms with van der Waals surface area (Å²) >= 11 is 0. The van der Waals surface area contributed by atoms with Gasteiger partial charge in [0.05, 0.1) is 6.42 Å². The van der Waals surface area contributed by atoms with Crippen LogP contribution in [0.1, 0.15) is 31.0 Å². The molecular formula is C10H14F3N3O2. The van der Waals surface area contributed by atoms with E-state index in [-0.39, 0.29) is 18.1 Å². The summed E-state index contributed by atoms with van der Waals surface area (Å²) in [7, 11) is 0. The minimum atomic E-state index is -4.22. The molecule has 1 aliphatic heterocycles. The van der Waals surface area contributed by atoms with Crippen molar-refractivity contribution in [2.75, 3.05) is 13.2 Å². The van der Waals surface area contributed by atoms with Crippen LogP contribution in [0.2, 0.25) is 0 Å². The molecule has 1 aromatic rings. The minimum absolute atomic E-state index is 0.0404. The van der Waals surface area contributed by atoms with Crippen LogP contribution in [-0.4, -0.2) is 29.5 Å². The highest BCUT2D eigenvalue weighted by atomic mass is 19.4. The van der Waals surface area contributed by atoms with Crippen molar-refractivity contribution < 1.29 is 22.4 Å². The Morgan fingerprint density at radius 3 is 2.56 bits per heavy atom. The maximum atomic E-state index is 12.1. The molecule has 0 unspecified atom stereocenters. The van der Waals surface area contributed by atoms with Crippen molar-refractivity contribution in [3.63, 3.8) is 0 Å². The summed E-state index contributed by atoms with van der Waals surface area (Å²) in [6, 6.07) is 0. The zero-order valence-electron chi connectivity index (χ0n) is 9.66. The second-order valence-electron chi connectivity index (χ2n) is 4.40. The van der Waals surface area contributed by atoms with Crippen LogP contribution < -0.4 is 5.73 Å². The molecule has 102 valence electrons. The lowest BCUT2D eigenvalue weighted by Crippen LogP contribution is -2.42. The van der Waals surface area contributed by atoms with E-state index in [2.05, 4.69) is 10.1 Å². The number of rotatable bonds is 3. The maximum absolute atomic E-state index is 12.1. The van der Waals surface area contributed by atoms with E-state index in [1.54, 1.807) is 0 Å². The molecule has 1 aliphatic rings. The highest BCUT2D eigenvalue weighted by Crippen LogP contribution is 2.28. The predicted octanol–water partition coefficient (Wildman–Crippen LogP) is 1.53. The SMILES string of the molecule is NC1(c2nc(CCC(F)(F)F)no2)CCOCC1. The first kappa shape index (κ1) is 13.3. The van der Waals surface area contributed by atoms with Gasteiger partial charge in [0.2, 0.25) is 5.89 Å². The van der Waals surface area contributed by atoms with Crippen LogP contribution in [0.15, 0.2) is 4.52 Å². The number of nitrogens with two attached hydrogens (primary N) is 1. The van der Waals surface area contributed by atoms with Crippen LogP contribution in [0.3, 0.4) is 0 Å². The first-order chi connectivity index (χ1) is 8.39. The third-order valence-corrected chi connectivity index (χ3v) is 2.91. The van der Waals surface area contributed by atoms with Gasteiger partial charge in [-0.15, -0.1) is 0 Å². The van der Waals surface area contributed by atoms with Crippen LogP contribution in [0.4, 0.5) is 13.2 Å². The third kappa shape index (κ3) is 3.20. The maximum Gasteiger partial charge on any atom is 0.389 e. The molecule has 1 fully saturated rings. The second-order valence-corrected chi connectivity index (χ2v) is 4.40. The topological polar surface area (TPSA) is 74.2 Å². The molecule has 5 nitrogen and oxygen atoms in total. The Balaban J connectivity index is 2.01. The van der Waals surface area contributed by atoms with E-state index in [0.29, 0.717) is 26.1 Å². The summed E-state index contributed by atoms with van der Waals surface area (Å²) in [6.07, 6.45) is -4.44. The van der Waals surface area contributed by atoms with Gasteiger partial charge in [0.1, 0.15) is 5.54 Å². The fourth-order valence-electron chi connectivity index (χ4n) is 1.76. The monoisotopic (exact) mass is 265 g/mol. The van der Waals surface area contributed by atoms with Gasteiger partial charge >= 0.3 is 6.18 Å². The van der Waals surface area contributed by atoms with Crippen LogP contribution in [0.5, 0.6) is 0 Å². The fraction of sp³-hybridized carbons (Fsp3) is 0.800. The number of hydrogen-bond acceptors (Lipinski definition) is 5. The van der Waals surface area contributed by atoms with Crippen molar-refractivity contribution in [1.82, 2.24) is 10.1 Å². The summed E-state index contributed by atoms with van der Waals surface area (Å²) in [5.41, 5.74) is 5.30. The Morgan fingerprint density at radius 2 is 1.94 bits per heavy atom. The van der Waals surface area contributed by atoms with E-state index in [1.165, 1.54) is 0 Å². The lowest BCUT2D eigenvalue weighted by atomic mass is 9.91. The highest BCUT2D eigenvalue weighted by Gasteiger charge is 2.36. The summed E-state index contributed by atoms with van der Waals surface area (Å²) in [5, 5.41) is 3.53. The summed E-state index contributed by atoms with van der Waals surface area (Å²) in [4.78, 5) is 3.95. The van der Waals surface area contributed by atoms with E-state index in [0.717, 1.165) is 0 Å². The number of aryl methyl sites for hydroxylation is 1. The first-order valence-corrected chi connectivity index (χ1v) is 5.65. The van der Waals surface area contributed by atoms with Gasteiger partial charge < -0.3 is 15.0 Å². The summed E-state index contributed by atoms with van der Waals surface area (Å²) in [5.74, 6) is 0.238. The molecule has 1 saturated heterocycles. The van der Waals surface area contributed by atoms with Crippen molar-refractivity contribution in [1.29, 1.82) is 0 Å². The van der Waals surface area contributed by atoms with Gasteiger partial charge in [0.15, 0.2) is 5.82 Å². The number of halogens is 3. The molecule has 0 saturated carbocycles. The third-order valence-electron chi connectivity index (χ3n) is 2.91. The van der Waals surface area contributed by atoms with E-state index in [1.807, 2.05) is 0 Å². The average molecular weight is 265 g/mol. The van der Waals surface area contributed by atoms with E-state index >= 15 is 0 Å². The zero-order valence-corrected chi connectivity index (χ0v) is 9.66. The Hall–Kier alpha value is -1.15. The smallest absolute Gasteiger partial charge is 0.381 e. The van der Waals surface area contributed by atoms with Gasteiger partial charge in [-0.2, -0.15) is 18.2 Å². The molecule has 8 heteroatoms. The molecule has 2 heterocycles. The number of alkyl halides is 3. The molecule has 0 atom stereocenters. The number of hydrogen-bond donors (Lipinski definition) is 1. The van der Waals surface area contributed by atoms with Crippen molar-refractivity contribution in [3.8, 4) is 0 Å². The van der Waals surface area contributed by atoms with Gasteiger partial charge in [-0.1, -0.05) is 5.16 Å². The fourth-order valence-corrected chi connectivity index (χ4v) is 1.76. The van der Waals surface area contributed by atoms with Gasteiger partial charge in [0.25, 0.3) is 0 Å². The van der Waals surface area contributed by atoms with Crippen molar-refractivity contribution in [2.24, 2.45) is 5.73 Å². The summed E-state index contributed by atoms with van der Waals surface area (Å²) < 4.78 is 46.3. The largest absolute Gasteiger partial charge is 0.389 e. The molecule has 1 aromatic heterocycles. The molecular weight excluding hydrogens is 251 g/mol. The normalized spacial score (nSPS) is 20.0. The molecule has 0 radical (unpaired) electrons. The molecule has 0 bridgehead atoms. The van der Waals surface area contributed by atoms with E-state index in [9.17, 15) is 13.2 Å².